The van der Waals surface area contributed by atoms with Crippen LogP contribution in [0.25, 0.3) is 10.4 Å². The average molecular weight is 496 g/mol. The summed E-state index contributed by atoms with van der Waals surface area (Å²) in [6, 6.07) is 8.16. The van der Waals surface area contributed by atoms with Crippen molar-refractivity contribution in [2.75, 3.05) is 26.3 Å². The van der Waals surface area contributed by atoms with Gasteiger partial charge in [0.15, 0.2) is 11.5 Å². The standard InChI is InChI=1S/C25H25N3O4S2/c1-13-4-3-5-15(8-13)22-20(27-14(2)34-22)25(30)28-11-16-9-17(16)18(28)10-26-24(29)23-21-19(12-33-23)31-6-7-32-21/h3-5,8,12,16-18H,6-7,9-11H2,1-2H3,(H,26,29)/t16-,17-,18+/m0/s1. The topological polar surface area (TPSA) is 80.8 Å². The summed E-state index contributed by atoms with van der Waals surface area (Å²) in [5.41, 5.74) is 2.69. The second-order valence-electron chi connectivity index (χ2n) is 9.13. The highest BCUT2D eigenvalue weighted by Crippen LogP contribution is 2.50. The fourth-order valence-corrected chi connectivity index (χ4v) is 6.81. The molecule has 3 aromatic rings. The molecule has 0 spiro atoms. The van der Waals surface area contributed by atoms with Crippen molar-refractivity contribution < 1.29 is 19.1 Å². The predicted molar refractivity (Wildman–Crippen MR) is 131 cm³/mol. The number of nitrogens with zero attached hydrogens (tertiary/aromatic N) is 2. The van der Waals surface area contributed by atoms with E-state index in [1.807, 2.05) is 42.3 Å². The summed E-state index contributed by atoms with van der Waals surface area (Å²) in [4.78, 5) is 34.6. The molecular formula is C25H25N3O4S2. The van der Waals surface area contributed by atoms with Gasteiger partial charge >= 0.3 is 0 Å². The normalized spacial score (nSPS) is 22.4. The van der Waals surface area contributed by atoms with Crippen molar-refractivity contribution in [2.45, 2.75) is 26.3 Å². The summed E-state index contributed by atoms with van der Waals surface area (Å²) in [6.45, 7) is 6.06. The van der Waals surface area contributed by atoms with Crippen molar-refractivity contribution >= 4 is 34.5 Å². The van der Waals surface area contributed by atoms with Crippen LogP contribution >= 0.6 is 22.7 Å². The lowest BCUT2D eigenvalue weighted by molar-refractivity contribution is 0.0690. The van der Waals surface area contributed by atoms with Crippen molar-refractivity contribution in [2.24, 2.45) is 11.8 Å². The molecule has 1 N–H and O–H groups in total. The molecule has 9 heteroatoms. The highest BCUT2D eigenvalue weighted by atomic mass is 32.1. The molecule has 3 aliphatic rings. The predicted octanol–water partition coefficient (Wildman–Crippen LogP) is 4.15. The molecule has 176 valence electrons. The van der Waals surface area contributed by atoms with Crippen molar-refractivity contribution in [3.8, 4) is 21.9 Å². The number of carbonyl (C=O) groups excluding carboxylic acids is 2. The Bertz CT molecular complexity index is 1280. The number of nitrogens with one attached hydrogen (secondary N) is 1. The maximum absolute atomic E-state index is 13.7. The second-order valence-corrected chi connectivity index (χ2v) is 11.2. The van der Waals surface area contributed by atoms with Crippen molar-refractivity contribution in [1.82, 2.24) is 15.2 Å². The smallest absolute Gasteiger partial charge is 0.274 e. The van der Waals surface area contributed by atoms with Crippen molar-refractivity contribution in [1.29, 1.82) is 0 Å². The maximum atomic E-state index is 13.7. The van der Waals surface area contributed by atoms with Gasteiger partial charge in [0, 0.05) is 18.5 Å². The van der Waals surface area contributed by atoms with Gasteiger partial charge in [-0.15, -0.1) is 22.7 Å². The molecular weight excluding hydrogens is 470 g/mol. The van der Waals surface area contributed by atoms with Crippen molar-refractivity contribution in [3.63, 3.8) is 0 Å². The van der Waals surface area contributed by atoms with Crippen LogP contribution in [-0.2, 0) is 0 Å². The number of amides is 2. The van der Waals surface area contributed by atoms with E-state index in [4.69, 9.17) is 9.47 Å². The molecule has 0 radical (unpaired) electrons. The number of thiophene rings is 1. The van der Waals surface area contributed by atoms with Crippen LogP contribution in [0.1, 0.15) is 37.2 Å². The van der Waals surface area contributed by atoms with E-state index in [-0.39, 0.29) is 17.9 Å². The average Bonchev–Trinajstić information content (AvgIpc) is 3.17. The van der Waals surface area contributed by atoms with E-state index in [0.29, 0.717) is 53.7 Å². The minimum absolute atomic E-state index is 0.0261. The number of aromatic nitrogens is 1. The first-order valence-corrected chi connectivity index (χ1v) is 13.2. The number of aryl methyl sites for hydroxylation is 2. The SMILES string of the molecule is Cc1cccc(-c2sc(C)nc2C(=O)N2C[C@@H]3C[C@@H]3[C@H]2CNC(=O)c2scc3c2OCCO3)c1. The van der Waals surface area contributed by atoms with Gasteiger partial charge in [0.25, 0.3) is 11.8 Å². The number of ether oxygens (including phenoxy) is 2. The fourth-order valence-electron chi connectivity index (χ4n) is 5.05. The Morgan fingerprint density at radius 2 is 2.09 bits per heavy atom. The summed E-state index contributed by atoms with van der Waals surface area (Å²) in [5.74, 6) is 1.88. The summed E-state index contributed by atoms with van der Waals surface area (Å²) in [6.07, 6.45) is 1.11. The van der Waals surface area contributed by atoms with Gasteiger partial charge in [0.2, 0.25) is 0 Å². The Kier molecular flexibility index (Phi) is 5.33. The molecule has 2 aromatic heterocycles. The number of carbonyl (C=O) groups is 2. The van der Waals surface area contributed by atoms with Crippen LogP contribution in [-0.4, -0.2) is 54.0 Å². The summed E-state index contributed by atoms with van der Waals surface area (Å²) in [5, 5.41) is 5.74. The molecule has 1 aliphatic carbocycles. The van der Waals surface area contributed by atoms with Gasteiger partial charge in [0.05, 0.1) is 15.9 Å². The zero-order chi connectivity index (χ0) is 23.4. The number of rotatable bonds is 5. The quantitative estimate of drug-likeness (QED) is 0.575. The molecule has 1 saturated heterocycles. The summed E-state index contributed by atoms with van der Waals surface area (Å²) < 4.78 is 11.2. The van der Waals surface area contributed by atoms with E-state index >= 15 is 0 Å². The van der Waals surface area contributed by atoms with Gasteiger partial charge in [-0.05, 0) is 37.7 Å². The van der Waals surface area contributed by atoms with Crippen LogP contribution in [0.5, 0.6) is 11.5 Å². The Labute approximate surface area is 205 Å². The van der Waals surface area contributed by atoms with Crippen LogP contribution in [0.15, 0.2) is 29.6 Å². The van der Waals surface area contributed by atoms with E-state index < -0.39 is 0 Å². The van der Waals surface area contributed by atoms with Gasteiger partial charge < -0.3 is 19.7 Å². The third-order valence-corrected chi connectivity index (χ3v) is 8.72. The van der Waals surface area contributed by atoms with Crippen molar-refractivity contribution in [3.05, 3.63) is 50.8 Å². The lowest BCUT2D eigenvalue weighted by atomic mass is 10.1. The molecule has 3 atom stereocenters. The molecule has 4 heterocycles. The summed E-state index contributed by atoms with van der Waals surface area (Å²) >= 11 is 2.88. The first-order valence-electron chi connectivity index (χ1n) is 11.5. The van der Waals surface area contributed by atoms with Gasteiger partial charge in [-0.1, -0.05) is 29.8 Å². The van der Waals surface area contributed by atoms with Gasteiger partial charge in [-0.2, -0.15) is 0 Å². The minimum Gasteiger partial charge on any atom is -0.485 e. The first kappa shape index (κ1) is 21.6. The van der Waals surface area contributed by atoms with E-state index in [1.165, 1.54) is 11.3 Å². The minimum atomic E-state index is -0.182. The van der Waals surface area contributed by atoms with Crippen LogP contribution in [0.4, 0.5) is 0 Å². The zero-order valence-electron chi connectivity index (χ0n) is 19.0. The lowest BCUT2D eigenvalue weighted by Gasteiger charge is -2.27. The number of hydrogen-bond acceptors (Lipinski definition) is 7. The van der Waals surface area contributed by atoms with Crippen LogP contribution in [0.3, 0.4) is 0 Å². The third kappa shape index (κ3) is 3.76. The molecule has 2 amide bonds. The number of thiazole rings is 1. The Hall–Kier alpha value is -2.91. The Morgan fingerprint density at radius 1 is 1.24 bits per heavy atom. The highest BCUT2D eigenvalue weighted by Gasteiger charge is 2.54. The molecule has 6 rings (SSSR count). The Balaban J connectivity index is 1.21. The lowest BCUT2D eigenvalue weighted by Crippen LogP contribution is -2.45. The summed E-state index contributed by atoms with van der Waals surface area (Å²) in [7, 11) is 0. The molecule has 7 nitrogen and oxygen atoms in total. The number of piperidine rings is 1. The number of benzene rings is 1. The maximum Gasteiger partial charge on any atom is 0.274 e. The van der Waals surface area contributed by atoms with Gasteiger partial charge in [-0.25, -0.2) is 4.98 Å². The van der Waals surface area contributed by atoms with Crippen LogP contribution < -0.4 is 14.8 Å². The first-order chi connectivity index (χ1) is 16.5. The zero-order valence-corrected chi connectivity index (χ0v) is 20.6. The monoisotopic (exact) mass is 495 g/mol. The van der Waals surface area contributed by atoms with Gasteiger partial charge in [-0.3, -0.25) is 9.59 Å². The largest absolute Gasteiger partial charge is 0.485 e. The molecule has 2 fully saturated rings. The molecule has 1 aromatic carbocycles. The molecule has 0 unspecified atom stereocenters. The van der Waals surface area contributed by atoms with Crippen LogP contribution in [0.2, 0.25) is 0 Å². The molecule has 1 saturated carbocycles. The molecule has 0 bridgehead atoms. The number of fused-ring (bicyclic) bond motifs is 2. The number of likely N-dealkylation sites (tertiary alicyclic amines) is 1. The van der Waals surface area contributed by atoms with E-state index in [0.717, 1.165) is 34.0 Å². The van der Waals surface area contributed by atoms with Crippen LogP contribution in [0, 0.1) is 25.7 Å². The molecule has 34 heavy (non-hydrogen) atoms. The fraction of sp³-hybridized carbons (Fsp3) is 0.400. The third-order valence-electron chi connectivity index (χ3n) is 6.76. The van der Waals surface area contributed by atoms with E-state index in [9.17, 15) is 9.59 Å². The Morgan fingerprint density at radius 3 is 2.94 bits per heavy atom. The number of hydrogen-bond donors (Lipinski definition) is 1. The second kappa shape index (κ2) is 8.39. The van der Waals surface area contributed by atoms with Gasteiger partial charge in [0.1, 0.15) is 23.8 Å². The van der Waals surface area contributed by atoms with E-state index in [1.54, 1.807) is 11.3 Å². The van der Waals surface area contributed by atoms with E-state index in [2.05, 4.69) is 16.4 Å². The highest BCUT2D eigenvalue weighted by molar-refractivity contribution is 7.15. The molecule has 2 aliphatic heterocycles.